The van der Waals surface area contributed by atoms with Gasteiger partial charge in [-0.05, 0) is 240 Å². The molecular formula is C79H86N10O2S. The summed E-state index contributed by atoms with van der Waals surface area (Å²) in [6.45, 7) is 30.9. The first-order chi connectivity index (χ1) is 44.1. The lowest BCUT2D eigenvalue weighted by atomic mass is 10.0. The number of nitrogens with zero attached hydrogens (tertiary/aromatic N) is 10. The highest BCUT2D eigenvalue weighted by Crippen LogP contribution is 2.37. The van der Waals surface area contributed by atoms with E-state index in [1.807, 2.05) is 96.4 Å². The fourth-order valence-corrected chi connectivity index (χ4v) is 10.9. The summed E-state index contributed by atoms with van der Waals surface area (Å²) >= 11 is 1.78. The summed E-state index contributed by atoms with van der Waals surface area (Å²) in [7, 11) is 2.07. The Kier molecular flexibility index (Phi) is 25.2. The van der Waals surface area contributed by atoms with E-state index in [0.29, 0.717) is 0 Å². The van der Waals surface area contributed by atoms with Crippen LogP contribution in [0.5, 0.6) is 0 Å². The van der Waals surface area contributed by atoms with Gasteiger partial charge in [-0.1, -0.05) is 90.0 Å². The zero-order valence-electron chi connectivity index (χ0n) is 56.2. The van der Waals surface area contributed by atoms with Gasteiger partial charge in [0, 0.05) is 112 Å². The Labute approximate surface area is 548 Å². The second-order valence-corrected chi connectivity index (χ2v) is 24.3. The van der Waals surface area contributed by atoms with Crippen molar-refractivity contribution in [2.75, 3.05) is 0 Å². The molecule has 1 aliphatic carbocycles. The number of fused-ring (bicyclic) bond motifs is 4. The monoisotopic (exact) mass is 1240 g/mol. The number of aryl methyl sites for hydroxylation is 15. The van der Waals surface area contributed by atoms with Crippen molar-refractivity contribution in [2.45, 2.75) is 110 Å². The Bertz CT molecular complexity index is 4210. The van der Waals surface area contributed by atoms with Gasteiger partial charge >= 0.3 is 0 Å². The topological polar surface area (TPSA) is 135 Å². The molecule has 0 fully saturated rings. The molecule has 0 radical (unpaired) electrons. The number of thiophene rings is 1. The van der Waals surface area contributed by atoms with Gasteiger partial charge in [-0.2, -0.15) is 0 Å². The summed E-state index contributed by atoms with van der Waals surface area (Å²) < 4.78 is 6.48. The molecular weight excluding hydrogens is 1150 g/mol. The summed E-state index contributed by atoms with van der Waals surface area (Å²) in [6, 6.07) is 61.5. The SMILES string of the molecule is Cc1ccc(-c2ccccn2)s1.Cc1ccc(C)c2nccnc12.Cc1ccc(C)n1-c1ccc([N+](=O)[O-])cc1.Cc1ccc(C)n1-c1ccccc1.Cc1ccc(C)n1C.Cc1ccc(C)nc1.Cc1ccc2c(c1)Cc1cc(C)ccc1-2.Cc1cnc(C)cn1. The number of para-hydroxylation sites is 1. The average Bonchev–Trinajstić information content (AvgIpc) is 1.63. The maximum Gasteiger partial charge on any atom is 0.269 e. The van der Waals surface area contributed by atoms with E-state index in [1.54, 1.807) is 48.3 Å². The number of benzene rings is 5. The van der Waals surface area contributed by atoms with E-state index >= 15 is 0 Å². The Balaban J connectivity index is 0.000000151. The number of nitro benzene ring substituents is 1. The van der Waals surface area contributed by atoms with E-state index in [4.69, 9.17) is 0 Å². The summed E-state index contributed by atoms with van der Waals surface area (Å²) in [5, 5.41) is 10.5. The van der Waals surface area contributed by atoms with E-state index in [1.165, 1.54) is 100 Å². The maximum atomic E-state index is 10.5. The first-order valence-corrected chi connectivity index (χ1v) is 31.6. The third-order valence-corrected chi connectivity index (χ3v) is 16.4. The van der Waals surface area contributed by atoms with Gasteiger partial charge in [-0.15, -0.1) is 11.3 Å². The van der Waals surface area contributed by atoms with Crippen molar-refractivity contribution in [3.63, 3.8) is 0 Å². The third-order valence-electron chi connectivity index (χ3n) is 15.3. The lowest BCUT2D eigenvalue weighted by Gasteiger charge is -2.08. The standard InChI is InChI=1S/C15H14.C12H12N2O2.C12H13N.C10H10N2.C10H9NS.C7H11N.C7H9N.C6H8N2/c1-10-3-5-14-12(7-10)9-13-8-11(2)4-6-15(13)14;1-9-3-4-10(2)13(9)11-5-7-12(8-6-11)14(15)16;1-10-8-9-11(2)13(10)12-6-4-3-5-7-12;1-7-3-4-8(2)10-9(7)11-5-6-12-10;1-8-5-6-10(12-8)9-4-2-3-7-11-9;1-6-4-5-7(2)8(6)3;1-6-3-4-7(2)8-5-6;1-5-3-8-6(2)4-7-5/h3-8H,9H2,1-2H3;3-8H,1-2H3;3-9H,1-2H3;3-6H,1-2H3;2-7H,1H3;4-5H,1-3H3;3-5H,1-2H3;3-4H,1-2H3. The lowest BCUT2D eigenvalue weighted by Crippen LogP contribution is -1.98. The van der Waals surface area contributed by atoms with E-state index in [2.05, 4.69) is 228 Å². The first-order valence-electron chi connectivity index (χ1n) is 30.7. The van der Waals surface area contributed by atoms with Gasteiger partial charge < -0.3 is 13.7 Å². The van der Waals surface area contributed by atoms with Crippen LogP contribution in [0.25, 0.3) is 44.1 Å². The molecule has 8 heterocycles. The van der Waals surface area contributed by atoms with Gasteiger partial charge in [0.2, 0.25) is 0 Å². The molecule has 13 heteroatoms. The van der Waals surface area contributed by atoms with Crippen LogP contribution in [-0.4, -0.2) is 48.5 Å². The quantitative estimate of drug-likeness (QED) is 0.126. The minimum atomic E-state index is -0.390. The number of hydrogen-bond donors (Lipinski definition) is 0. The molecule has 1 aliphatic rings. The Morgan fingerprint density at radius 3 is 1.25 bits per heavy atom. The van der Waals surface area contributed by atoms with Gasteiger partial charge in [0.1, 0.15) is 0 Å². The van der Waals surface area contributed by atoms with Crippen LogP contribution in [0.2, 0.25) is 0 Å². The van der Waals surface area contributed by atoms with Crippen LogP contribution in [0.15, 0.2) is 219 Å². The molecule has 0 aliphatic heterocycles. The van der Waals surface area contributed by atoms with Crippen molar-refractivity contribution in [2.24, 2.45) is 7.05 Å². The molecule has 0 saturated heterocycles. The number of aromatic nitrogens is 9. The van der Waals surface area contributed by atoms with Gasteiger partial charge in [0.05, 0.1) is 37.9 Å². The van der Waals surface area contributed by atoms with E-state index in [-0.39, 0.29) is 10.6 Å². The molecule has 0 bridgehead atoms. The number of rotatable bonds is 4. The van der Waals surface area contributed by atoms with E-state index in [0.717, 1.165) is 57.3 Å². The van der Waals surface area contributed by atoms with Crippen LogP contribution in [0.1, 0.15) is 95.1 Å². The molecule has 0 N–H and O–H groups in total. The highest BCUT2D eigenvalue weighted by Gasteiger charge is 2.18. The summed E-state index contributed by atoms with van der Waals surface area (Å²) in [5.41, 5.74) is 28.0. The van der Waals surface area contributed by atoms with Crippen LogP contribution >= 0.6 is 11.3 Å². The molecule has 0 spiro atoms. The fraction of sp³-hybridized carbons (Fsp3) is 0.215. The number of hydrogen-bond acceptors (Lipinski definition) is 9. The molecule has 8 aromatic heterocycles. The molecule has 0 amide bonds. The highest BCUT2D eigenvalue weighted by atomic mass is 32.1. The van der Waals surface area contributed by atoms with Gasteiger partial charge in [0.15, 0.2) is 0 Å². The number of non-ortho nitro benzene ring substituents is 1. The Morgan fingerprint density at radius 1 is 0.402 bits per heavy atom. The van der Waals surface area contributed by atoms with Crippen molar-refractivity contribution in [1.29, 1.82) is 0 Å². The molecule has 12 nitrogen and oxygen atoms in total. The second kappa shape index (κ2) is 33.5. The van der Waals surface area contributed by atoms with Crippen molar-refractivity contribution in [3.05, 3.63) is 324 Å². The summed E-state index contributed by atoms with van der Waals surface area (Å²) in [5.74, 6) is 0. The molecule has 0 unspecified atom stereocenters. The third kappa shape index (κ3) is 19.9. The Hall–Kier alpha value is -10.2. The molecule has 5 aromatic carbocycles. The van der Waals surface area contributed by atoms with Gasteiger partial charge in [-0.25, -0.2) is 0 Å². The molecule has 14 rings (SSSR count). The summed E-state index contributed by atoms with van der Waals surface area (Å²) in [4.78, 5) is 37.7. The second-order valence-electron chi connectivity index (χ2n) is 23.0. The van der Waals surface area contributed by atoms with Crippen molar-refractivity contribution in [1.82, 2.24) is 43.6 Å². The van der Waals surface area contributed by atoms with Crippen LogP contribution in [0.3, 0.4) is 0 Å². The smallest absolute Gasteiger partial charge is 0.269 e. The van der Waals surface area contributed by atoms with Crippen LogP contribution in [0, 0.1) is 114 Å². The van der Waals surface area contributed by atoms with Crippen LogP contribution < -0.4 is 0 Å². The van der Waals surface area contributed by atoms with Crippen LogP contribution in [-0.2, 0) is 13.5 Å². The van der Waals surface area contributed by atoms with Crippen molar-refractivity contribution in [3.8, 4) is 33.1 Å². The average molecular weight is 1240 g/mol. The minimum absolute atomic E-state index is 0.117. The predicted octanol–water partition coefficient (Wildman–Crippen LogP) is 19.8. The number of pyridine rings is 2. The highest BCUT2D eigenvalue weighted by molar-refractivity contribution is 7.15. The molecule has 13 aromatic rings. The fourth-order valence-electron chi connectivity index (χ4n) is 10.1. The normalized spacial score (nSPS) is 10.4. The van der Waals surface area contributed by atoms with E-state index in [9.17, 15) is 10.1 Å². The zero-order valence-corrected chi connectivity index (χ0v) is 57.0. The molecule has 0 saturated carbocycles. The Morgan fingerprint density at radius 2 is 0.859 bits per heavy atom. The maximum absolute atomic E-state index is 10.5. The molecule has 92 heavy (non-hydrogen) atoms. The zero-order chi connectivity index (χ0) is 66.4. The van der Waals surface area contributed by atoms with Crippen LogP contribution in [0.4, 0.5) is 5.69 Å². The summed E-state index contributed by atoms with van der Waals surface area (Å²) in [6.07, 6.45) is 11.8. The molecule has 470 valence electrons. The molecule has 0 atom stereocenters. The lowest BCUT2D eigenvalue weighted by molar-refractivity contribution is -0.384. The predicted molar refractivity (Wildman–Crippen MR) is 383 cm³/mol. The van der Waals surface area contributed by atoms with Gasteiger partial charge in [-0.3, -0.25) is 40.0 Å². The first kappa shape index (κ1) is 69.2. The van der Waals surface area contributed by atoms with Gasteiger partial charge in [0.25, 0.3) is 5.69 Å². The van der Waals surface area contributed by atoms with Crippen molar-refractivity contribution < 1.29 is 4.92 Å². The number of nitro groups is 1. The minimum Gasteiger partial charge on any atom is -0.352 e. The van der Waals surface area contributed by atoms with Crippen molar-refractivity contribution >= 4 is 28.1 Å². The largest absolute Gasteiger partial charge is 0.352 e. The van der Waals surface area contributed by atoms with E-state index < -0.39 is 0 Å².